The standard InChI is InChI=1S/C23H25ClN2OS/c1-5-9-20-21(17-13-12-15(3)16(4)14-17)26(6-2)23(28-20)25-22(27)18-10-7-8-11-19(18)24/h7-8,10-14H,5-6,9H2,1-4H3. The van der Waals surface area contributed by atoms with E-state index >= 15 is 0 Å². The number of rotatable bonds is 5. The number of halogens is 1. The molecule has 0 fully saturated rings. The Morgan fingerprint density at radius 2 is 1.86 bits per heavy atom. The number of carbonyl (C=O) groups is 1. The quantitative estimate of drug-likeness (QED) is 0.491. The highest BCUT2D eigenvalue weighted by atomic mass is 35.5. The van der Waals surface area contributed by atoms with Crippen LogP contribution in [-0.4, -0.2) is 10.5 Å². The van der Waals surface area contributed by atoms with Crippen LogP contribution in [0.1, 0.15) is 46.6 Å². The zero-order chi connectivity index (χ0) is 20.3. The summed E-state index contributed by atoms with van der Waals surface area (Å²) in [5.74, 6) is -0.302. The van der Waals surface area contributed by atoms with E-state index in [1.807, 2.05) is 6.07 Å². The van der Waals surface area contributed by atoms with Crippen molar-refractivity contribution in [3.63, 3.8) is 0 Å². The second-order valence-corrected chi connectivity index (χ2v) is 8.32. The average molecular weight is 413 g/mol. The van der Waals surface area contributed by atoms with Crippen molar-refractivity contribution in [3.8, 4) is 11.3 Å². The first-order chi connectivity index (χ1) is 13.5. The van der Waals surface area contributed by atoms with Gasteiger partial charge < -0.3 is 4.57 Å². The minimum Gasteiger partial charge on any atom is -0.316 e. The first kappa shape index (κ1) is 20.6. The number of aryl methyl sites for hydroxylation is 3. The third-order valence-corrected chi connectivity index (χ3v) is 6.32. The number of nitrogens with zero attached hydrogens (tertiary/aromatic N) is 2. The molecule has 28 heavy (non-hydrogen) atoms. The molecule has 1 aromatic heterocycles. The molecule has 1 heterocycles. The van der Waals surface area contributed by atoms with Gasteiger partial charge in [-0.2, -0.15) is 4.99 Å². The molecule has 0 saturated heterocycles. The van der Waals surface area contributed by atoms with E-state index in [0.717, 1.165) is 24.2 Å². The summed E-state index contributed by atoms with van der Waals surface area (Å²) < 4.78 is 2.15. The molecule has 3 nitrogen and oxygen atoms in total. The van der Waals surface area contributed by atoms with Crippen LogP contribution in [0.5, 0.6) is 0 Å². The topological polar surface area (TPSA) is 34.4 Å². The van der Waals surface area contributed by atoms with Crippen molar-refractivity contribution >= 4 is 28.8 Å². The van der Waals surface area contributed by atoms with Gasteiger partial charge in [0.05, 0.1) is 16.3 Å². The third kappa shape index (κ3) is 4.13. The summed E-state index contributed by atoms with van der Waals surface area (Å²) in [6.45, 7) is 9.26. The fraction of sp³-hybridized carbons (Fsp3) is 0.304. The van der Waals surface area contributed by atoms with Gasteiger partial charge in [-0.25, -0.2) is 0 Å². The van der Waals surface area contributed by atoms with Crippen LogP contribution in [0.15, 0.2) is 47.5 Å². The summed E-state index contributed by atoms with van der Waals surface area (Å²) in [4.78, 5) is 19.2. The number of carbonyl (C=O) groups excluding carboxylic acids is 1. The Morgan fingerprint density at radius 1 is 1.11 bits per heavy atom. The van der Waals surface area contributed by atoms with Gasteiger partial charge in [0.15, 0.2) is 4.80 Å². The normalized spacial score (nSPS) is 11.8. The molecule has 0 aliphatic heterocycles. The SMILES string of the molecule is CCCc1sc(=NC(=O)c2ccccc2Cl)n(CC)c1-c1ccc(C)c(C)c1. The second-order valence-electron chi connectivity index (χ2n) is 6.85. The predicted molar refractivity (Wildman–Crippen MR) is 118 cm³/mol. The number of hydrogen-bond donors (Lipinski definition) is 0. The Labute approximate surface area is 175 Å². The summed E-state index contributed by atoms with van der Waals surface area (Å²) in [6.07, 6.45) is 2.00. The van der Waals surface area contributed by atoms with E-state index in [4.69, 9.17) is 11.6 Å². The highest BCUT2D eigenvalue weighted by molar-refractivity contribution is 7.09. The van der Waals surface area contributed by atoms with E-state index in [1.165, 1.54) is 27.3 Å². The van der Waals surface area contributed by atoms with Crippen molar-refractivity contribution in [1.29, 1.82) is 0 Å². The maximum atomic E-state index is 12.8. The van der Waals surface area contributed by atoms with Crippen LogP contribution in [0.25, 0.3) is 11.3 Å². The summed E-state index contributed by atoms with van der Waals surface area (Å²) in [7, 11) is 0. The molecule has 0 aliphatic carbocycles. The number of thiazole rings is 1. The summed E-state index contributed by atoms with van der Waals surface area (Å²) in [6, 6.07) is 13.6. The average Bonchev–Trinajstić information content (AvgIpc) is 3.01. The number of benzene rings is 2. The zero-order valence-electron chi connectivity index (χ0n) is 16.8. The Morgan fingerprint density at radius 3 is 2.50 bits per heavy atom. The first-order valence-corrected chi connectivity index (χ1v) is 10.8. The lowest BCUT2D eigenvalue weighted by atomic mass is 10.0. The number of amides is 1. The molecule has 0 unspecified atom stereocenters. The lowest BCUT2D eigenvalue weighted by Gasteiger charge is -2.11. The molecule has 2 aromatic carbocycles. The lowest BCUT2D eigenvalue weighted by Crippen LogP contribution is -2.17. The van der Waals surface area contributed by atoms with Crippen molar-refractivity contribution in [2.24, 2.45) is 4.99 Å². The van der Waals surface area contributed by atoms with Gasteiger partial charge >= 0.3 is 0 Å². The zero-order valence-corrected chi connectivity index (χ0v) is 18.3. The van der Waals surface area contributed by atoms with Gasteiger partial charge in [0.2, 0.25) is 0 Å². The Kier molecular flexibility index (Phi) is 6.53. The van der Waals surface area contributed by atoms with Crippen LogP contribution in [-0.2, 0) is 13.0 Å². The number of hydrogen-bond acceptors (Lipinski definition) is 2. The van der Waals surface area contributed by atoms with Gasteiger partial charge in [0.25, 0.3) is 5.91 Å². The van der Waals surface area contributed by atoms with Crippen molar-refractivity contribution in [3.05, 3.63) is 73.9 Å². The van der Waals surface area contributed by atoms with Crippen LogP contribution in [0.3, 0.4) is 0 Å². The first-order valence-electron chi connectivity index (χ1n) is 9.60. The van der Waals surface area contributed by atoms with E-state index < -0.39 is 0 Å². The molecule has 5 heteroatoms. The van der Waals surface area contributed by atoms with Crippen LogP contribution in [0, 0.1) is 13.8 Å². The van der Waals surface area contributed by atoms with Gasteiger partial charge in [-0.3, -0.25) is 4.79 Å². The highest BCUT2D eigenvalue weighted by Gasteiger charge is 2.16. The molecule has 1 amide bonds. The molecule has 0 N–H and O–H groups in total. The van der Waals surface area contributed by atoms with E-state index in [-0.39, 0.29) is 5.91 Å². The lowest BCUT2D eigenvalue weighted by molar-refractivity contribution is 0.0998. The van der Waals surface area contributed by atoms with E-state index in [2.05, 4.69) is 55.5 Å². The second kappa shape index (κ2) is 8.89. The number of aromatic nitrogens is 1. The fourth-order valence-electron chi connectivity index (χ4n) is 3.22. The van der Waals surface area contributed by atoms with Crippen molar-refractivity contribution in [1.82, 2.24) is 4.57 Å². The molecule has 0 bridgehead atoms. The molecule has 0 saturated carbocycles. The van der Waals surface area contributed by atoms with E-state index in [9.17, 15) is 4.79 Å². The van der Waals surface area contributed by atoms with Gasteiger partial charge in [-0.15, -0.1) is 11.3 Å². The smallest absolute Gasteiger partial charge is 0.281 e. The van der Waals surface area contributed by atoms with Crippen LogP contribution in [0.4, 0.5) is 0 Å². The molecule has 3 rings (SSSR count). The molecule has 146 valence electrons. The Balaban J connectivity index is 2.19. The Hall–Kier alpha value is -2.17. The molecule has 3 aromatic rings. The van der Waals surface area contributed by atoms with Crippen molar-refractivity contribution in [2.45, 2.75) is 47.1 Å². The highest BCUT2D eigenvalue weighted by Crippen LogP contribution is 2.29. The minimum atomic E-state index is -0.302. The molecular formula is C23H25ClN2OS. The largest absolute Gasteiger partial charge is 0.316 e. The van der Waals surface area contributed by atoms with E-state index in [0.29, 0.717) is 10.6 Å². The van der Waals surface area contributed by atoms with Crippen molar-refractivity contribution < 1.29 is 4.79 Å². The monoisotopic (exact) mass is 412 g/mol. The van der Waals surface area contributed by atoms with Gasteiger partial charge in [0.1, 0.15) is 0 Å². The van der Waals surface area contributed by atoms with Gasteiger partial charge in [-0.1, -0.05) is 49.2 Å². The molecule has 0 spiro atoms. The molecule has 0 radical (unpaired) electrons. The van der Waals surface area contributed by atoms with Crippen LogP contribution < -0.4 is 4.80 Å². The molecular weight excluding hydrogens is 388 g/mol. The van der Waals surface area contributed by atoms with Crippen LogP contribution in [0.2, 0.25) is 5.02 Å². The maximum Gasteiger partial charge on any atom is 0.281 e. The predicted octanol–water partition coefficient (Wildman–Crippen LogP) is 6.20. The van der Waals surface area contributed by atoms with Crippen LogP contribution >= 0.6 is 22.9 Å². The third-order valence-electron chi connectivity index (χ3n) is 4.85. The van der Waals surface area contributed by atoms with Crippen molar-refractivity contribution in [2.75, 3.05) is 0 Å². The molecule has 0 atom stereocenters. The fourth-order valence-corrected chi connectivity index (χ4v) is 4.75. The molecule has 0 aliphatic rings. The van der Waals surface area contributed by atoms with Gasteiger partial charge in [-0.05, 0) is 62.1 Å². The van der Waals surface area contributed by atoms with Gasteiger partial charge in [0, 0.05) is 11.4 Å². The summed E-state index contributed by atoms with van der Waals surface area (Å²) in [5.41, 5.74) is 5.32. The minimum absolute atomic E-state index is 0.302. The summed E-state index contributed by atoms with van der Waals surface area (Å²) in [5, 5.41) is 0.430. The Bertz CT molecular complexity index is 1080. The van der Waals surface area contributed by atoms with E-state index in [1.54, 1.807) is 29.5 Å². The summed E-state index contributed by atoms with van der Waals surface area (Å²) >= 11 is 7.79. The maximum absolute atomic E-state index is 12.8.